The van der Waals surface area contributed by atoms with Crippen LogP contribution in [-0.4, -0.2) is 70.1 Å². The fourth-order valence-corrected chi connectivity index (χ4v) is 2.30. The van der Waals surface area contributed by atoms with Crippen LogP contribution >= 0.6 is 12.2 Å². The molecular formula is C9H15N3O5S. The van der Waals surface area contributed by atoms with Crippen molar-refractivity contribution in [3.63, 3.8) is 0 Å². The molecule has 18 heavy (non-hydrogen) atoms. The van der Waals surface area contributed by atoms with Gasteiger partial charge in [-0.25, -0.2) is 4.99 Å². The Bertz CT molecular complexity index is 368. The predicted molar refractivity (Wildman–Crippen MR) is 64.9 cm³/mol. The zero-order valence-corrected chi connectivity index (χ0v) is 10.2. The average Bonchev–Trinajstić information content (AvgIpc) is 2.76. The van der Waals surface area contributed by atoms with Gasteiger partial charge in [0.2, 0.25) is 0 Å². The Morgan fingerprint density at radius 3 is 2.94 bits per heavy atom. The minimum Gasteiger partial charge on any atom is -0.393 e. The maximum absolute atomic E-state index is 10.0. The summed E-state index contributed by atoms with van der Waals surface area (Å²) in [6.45, 7) is -0.447. The van der Waals surface area contributed by atoms with Crippen molar-refractivity contribution in [2.75, 3.05) is 13.2 Å². The number of nitrogens with two attached hydrogens (primary N) is 1. The standard InChI is InChI=1S/C9H15N3O5S/c10-3-11-8(18)12-4-5(14)6(15)9(1-13)2-16-7(4)17-9/h3-7,13-15H,1-2H2,(H3,10,11,12,18)/t4-,5-,6-,7+,9+/m1/s1. The van der Waals surface area contributed by atoms with Crippen molar-refractivity contribution in [2.45, 2.75) is 30.1 Å². The van der Waals surface area contributed by atoms with E-state index < -0.39 is 36.7 Å². The first-order valence-corrected chi connectivity index (χ1v) is 5.76. The van der Waals surface area contributed by atoms with E-state index in [2.05, 4.69) is 10.3 Å². The number of ether oxygens (including phenoxy) is 2. The Morgan fingerprint density at radius 1 is 1.61 bits per heavy atom. The number of nitrogens with zero attached hydrogens (tertiary/aromatic N) is 1. The Labute approximate surface area is 108 Å². The number of aliphatic imine (C=N–C) groups is 1. The van der Waals surface area contributed by atoms with Crippen LogP contribution in [0.15, 0.2) is 4.99 Å². The molecule has 0 saturated carbocycles. The molecule has 2 saturated heterocycles. The average molecular weight is 277 g/mol. The summed E-state index contributed by atoms with van der Waals surface area (Å²) in [5.41, 5.74) is 3.81. The summed E-state index contributed by atoms with van der Waals surface area (Å²) < 4.78 is 10.7. The molecule has 2 aliphatic heterocycles. The lowest BCUT2D eigenvalue weighted by Crippen LogP contribution is -2.66. The summed E-state index contributed by atoms with van der Waals surface area (Å²) in [5, 5.41) is 31.9. The molecule has 2 rings (SSSR count). The van der Waals surface area contributed by atoms with E-state index in [4.69, 9.17) is 27.4 Å². The van der Waals surface area contributed by atoms with E-state index in [0.717, 1.165) is 6.34 Å². The lowest BCUT2D eigenvalue weighted by molar-refractivity contribution is -0.231. The number of nitrogens with one attached hydrogen (secondary N) is 1. The quantitative estimate of drug-likeness (QED) is 0.206. The van der Waals surface area contributed by atoms with Gasteiger partial charge < -0.3 is 35.8 Å². The molecule has 102 valence electrons. The summed E-state index contributed by atoms with van der Waals surface area (Å²) in [5.74, 6) is 0. The molecule has 0 unspecified atom stereocenters. The van der Waals surface area contributed by atoms with Gasteiger partial charge >= 0.3 is 0 Å². The summed E-state index contributed by atoms with van der Waals surface area (Å²) >= 11 is 4.85. The summed E-state index contributed by atoms with van der Waals surface area (Å²) in [7, 11) is 0. The van der Waals surface area contributed by atoms with E-state index in [0.29, 0.717) is 0 Å². The van der Waals surface area contributed by atoms with Gasteiger partial charge in [0.25, 0.3) is 0 Å². The Hall–Kier alpha value is -0.840. The first-order valence-electron chi connectivity index (χ1n) is 5.35. The van der Waals surface area contributed by atoms with E-state index in [9.17, 15) is 15.3 Å². The van der Waals surface area contributed by atoms with Crippen LogP contribution in [0.1, 0.15) is 0 Å². The second-order valence-electron chi connectivity index (χ2n) is 4.21. The highest BCUT2D eigenvalue weighted by molar-refractivity contribution is 7.80. The van der Waals surface area contributed by atoms with E-state index in [1.54, 1.807) is 0 Å². The SMILES string of the molecule is N/C=N\C(=S)N[C@H]1[C@H]2OC[C@](CO)(O2)[C@H](O)[C@@H]1O. The van der Waals surface area contributed by atoms with Crippen molar-refractivity contribution < 1.29 is 24.8 Å². The van der Waals surface area contributed by atoms with E-state index in [1.807, 2.05) is 0 Å². The first kappa shape index (κ1) is 13.6. The molecule has 0 radical (unpaired) electrons. The molecule has 0 spiro atoms. The minimum atomic E-state index is -1.29. The Kier molecular flexibility index (Phi) is 3.80. The minimum absolute atomic E-state index is 0.00249. The van der Waals surface area contributed by atoms with Crippen LogP contribution in [0.4, 0.5) is 0 Å². The lowest BCUT2D eigenvalue weighted by atomic mass is 9.88. The fourth-order valence-electron chi connectivity index (χ4n) is 2.10. The topological polar surface area (TPSA) is 130 Å². The van der Waals surface area contributed by atoms with Crippen LogP contribution in [0, 0.1) is 0 Å². The first-order chi connectivity index (χ1) is 8.54. The normalized spacial score (nSPS) is 43.3. The third kappa shape index (κ3) is 2.09. The summed E-state index contributed by atoms with van der Waals surface area (Å²) in [6, 6.07) is -0.779. The highest BCUT2D eigenvalue weighted by atomic mass is 32.1. The second-order valence-corrected chi connectivity index (χ2v) is 4.60. The van der Waals surface area contributed by atoms with Crippen LogP contribution < -0.4 is 11.1 Å². The number of thiocarbonyl (C=S) groups is 1. The predicted octanol–water partition coefficient (Wildman–Crippen LogP) is -2.94. The van der Waals surface area contributed by atoms with Gasteiger partial charge in [-0.2, -0.15) is 0 Å². The van der Waals surface area contributed by atoms with Crippen LogP contribution in [0.3, 0.4) is 0 Å². The van der Waals surface area contributed by atoms with Crippen LogP contribution in [0.2, 0.25) is 0 Å². The monoisotopic (exact) mass is 277 g/mol. The molecule has 2 heterocycles. The number of hydrogen-bond acceptors (Lipinski definition) is 6. The zero-order chi connectivity index (χ0) is 13.3. The lowest BCUT2D eigenvalue weighted by Gasteiger charge is -2.42. The molecule has 0 aromatic heterocycles. The summed E-state index contributed by atoms with van der Waals surface area (Å²) in [6.07, 6.45) is -2.30. The number of aliphatic hydroxyl groups excluding tert-OH is 3. The molecule has 5 atom stereocenters. The maximum atomic E-state index is 10.0. The van der Waals surface area contributed by atoms with Crippen molar-refractivity contribution in [1.29, 1.82) is 0 Å². The van der Waals surface area contributed by atoms with Gasteiger partial charge in [0.15, 0.2) is 11.4 Å². The molecular weight excluding hydrogens is 262 g/mol. The molecule has 0 aliphatic carbocycles. The van der Waals surface area contributed by atoms with Gasteiger partial charge in [-0.1, -0.05) is 0 Å². The van der Waals surface area contributed by atoms with Crippen molar-refractivity contribution >= 4 is 23.7 Å². The van der Waals surface area contributed by atoms with Crippen LogP contribution in [-0.2, 0) is 9.47 Å². The smallest absolute Gasteiger partial charge is 0.194 e. The molecule has 0 amide bonds. The van der Waals surface area contributed by atoms with Crippen molar-refractivity contribution in [3.05, 3.63) is 0 Å². The molecule has 8 nitrogen and oxygen atoms in total. The van der Waals surface area contributed by atoms with E-state index in [1.165, 1.54) is 0 Å². The molecule has 2 aliphatic rings. The molecule has 2 fully saturated rings. The maximum Gasteiger partial charge on any atom is 0.194 e. The largest absolute Gasteiger partial charge is 0.393 e. The Morgan fingerprint density at radius 2 is 2.33 bits per heavy atom. The number of rotatable bonds is 2. The third-order valence-corrected chi connectivity index (χ3v) is 3.34. The van der Waals surface area contributed by atoms with Crippen LogP contribution in [0.5, 0.6) is 0 Å². The number of hydrogen-bond donors (Lipinski definition) is 5. The van der Waals surface area contributed by atoms with Crippen molar-refractivity contribution in [1.82, 2.24) is 5.32 Å². The van der Waals surface area contributed by atoms with Gasteiger partial charge in [-0.05, 0) is 12.2 Å². The van der Waals surface area contributed by atoms with E-state index in [-0.39, 0.29) is 11.7 Å². The number of aliphatic hydroxyl groups is 3. The fraction of sp³-hybridized carbons (Fsp3) is 0.778. The molecule has 2 bridgehead atoms. The molecule has 0 aromatic carbocycles. The van der Waals surface area contributed by atoms with Crippen LogP contribution in [0.25, 0.3) is 0 Å². The molecule has 0 aromatic rings. The Balaban J connectivity index is 2.13. The van der Waals surface area contributed by atoms with Crippen molar-refractivity contribution in [2.24, 2.45) is 10.7 Å². The molecule has 6 N–H and O–H groups in total. The van der Waals surface area contributed by atoms with E-state index >= 15 is 0 Å². The van der Waals surface area contributed by atoms with Gasteiger partial charge in [0.1, 0.15) is 23.9 Å². The van der Waals surface area contributed by atoms with Crippen molar-refractivity contribution in [3.8, 4) is 0 Å². The van der Waals surface area contributed by atoms with Gasteiger partial charge in [0.05, 0.1) is 19.6 Å². The molecule has 9 heteroatoms. The van der Waals surface area contributed by atoms with Gasteiger partial charge in [-0.3, -0.25) is 0 Å². The highest BCUT2D eigenvalue weighted by Gasteiger charge is 2.59. The number of fused-ring (bicyclic) bond motifs is 2. The third-order valence-electron chi connectivity index (χ3n) is 3.12. The second kappa shape index (κ2) is 5.03. The van der Waals surface area contributed by atoms with Gasteiger partial charge in [-0.15, -0.1) is 0 Å². The summed E-state index contributed by atoms with van der Waals surface area (Å²) in [4.78, 5) is 3.62. The highest BCUT2D eigenvalue weighted by Crippen LogP contribution is 2.36. The van der Waals surface area contributed by atoms with Gasteiger partial charge in [0, 0.05) is 0 Å². The zero-order valence-electron chi connectivity index (χ0n) is 9.39.